The fourth-order valence-corrected chi connectivity index (χ4v) is 5.65. The van der Waals surface area contributed by atoms with Gasteiger partial charge in [-0.25, -0.2) is 0 Å². The van der Waals surface area contributed by atoms with Crippen LogP contribution in [0.1, 0.15) is 17.8 Å². The molecular weight excluding hydrogens is 450 g/mol. The maximum Gasteiger partial charge on any atom is 0.309 e. The number of morpholine rings is 1. The van der Waals surface area contributed by atoms with Crippen LogP contribution in [0.3, 0.4) is 0 Å². The summed E-state index contributed by atoms with van der Waals surface area (Å²) in [6.07, 6.45) is 0. The van der Waals surface area contributed by atoms with Gasteiger partial charge in [-0.3, -0.25) is 19.4 Å². The van der Waals surface area contributed by atoms with E-state index in [2.05, 4.69) is 61.0 Å². The summed E-state index contributed by atoms with van der Waals surface area (Å²) in [5.41, 5.74) is 1.24. The number of thiophene rings is 1. The van der Waals surface area contributed by atoms with Crippen LogP contribution in [-0.2, 0) is 14.3 Å². The third-order valence-corrected chi connectivity index (χ3v) is 7.46. The van der Waals surface area contributed by atoms with Crippen molar-refractivity contribution in [3.8, 4) is 0 Å². The lowest BCUT2D eigenvalue weighted by Gasteiger charge is -2.42. The van der Waals surface area contributed by atoms with Gasteiger partial charge in [-0.05, 0) is 30.5 Å². The number of nitrogens with zero attached hydrogens (tertiary/aromatic N) is 3. The van der Waals surface area contributed by atoms with E-state index in [0.29, 0.717) is 6.54 Å². The van der Waals surface area contributed by atoms with E-state index < -0.39 is 11.8 Å². The molecule has 2 amide bonds. The number of carbonyl (C=O) groups is 2. The molecule has 0 aliphatic carbocycles. The number of piperazine rings is 1. The highest BCUT2D eigenvalue weighted by Crippen LogP contribution is 2.30. The smallest absolute Gasteiger partial charge is 0.309 e. The first-order chi connectivity index (χ1) is 16.6. The summed E-state index contributed by atoms with van der Waals surface area (Å²) in [7, 11) is 0. The Bertz CT molecular complexity index is 897. The lowest BCUT2D eigenvalue weighted by Crippen LogP contribution is -2.54. The molecule has 0 saturated carbocycles. The number of rotatable bonds is 8. The second-order valence-electron chi connectivity index (χ2n) is 8.79. The van der Waals surface area contributed by atoms with E-state index in [1.54, 1.807) is 11.3 Å². The van der Waals surface area contributed by atoms with Gasteiger partial charge in [-0.15, -0.1) is 11.3 Å². The molecule has 1 aromatic heterocycles. The van der Waals surface area contributed by atoms with Gasteiger partial charge in [0.25, 0.3) is 0 Å². The number of amides is 2. The van der Waals surface area contributed by atoms with Gasteiger partial charge in [0.2, 0.25) is 0 Å². The van der Waals surface area contributed by atoms with Crippen molar-refractivity contribution in [2.24, 2.45) is 0 Å². The van der Waals surface area contributed by atoms with Gasteiger partial charge in [-0.1, -0.05) is 24.3 Å². The van der Waals surface area contributed by atoms with Crippen LogP contribution in [0, 0.1) is 0 Å². The Balaban J connectivity index is 1.30. The van der Waals surface area contributed by atoms with Crippen molar-refractivity contribution in [2.45, 2.75) is 19.0 Å². The van der Waals surface area contributed by atoms with Crippen LogP contribution in [0.15, 0.2) is 47.8 Å². The Morgan fingerprint density at radius 2 is 1.71 bits per heavy atom. The molecule has 184 valence electrons. The highest BCUT2D eigenvalue weighted by molar-refractivity contribution is 7.10. The minimum Gasteiger partial charge on any atom is -0.379 e. The van der Waals surface area contributed by atoms with Crippen LogP contribution in [-0.4, -0.2) is 93.2 Å². The van der Waals surface area contributed by atoms with Gasteiger partial charge in [0.1, 0.15) is 0 Å². The molecule has 9 heteroatoms. The van der Waals surface area contributed by atoms with E-state index >= 15 is 0 Å². The molecule has 2 aromatic rings. The first-order valence-electron chi connectivity index (χ1n) is 12.1. The van der Waals surface area contributed by atoms with E-state index in [4.69, 9.17) is 4.74 Å². The molecular formula is C25H35N5O3S. The monoisotopic (exact) mass is 485 g/mol. The molecule has 2 fully saturated rings. The molecule has 2 aliphatic heterocycles. The molecule has 2 N–H and O–H groups in total. The van der Waals surface area contributed by atoms with Crippen LogP contribution < -0.4 is 15.5 Å². The third kappa shape index (κ3) is 6.56. The van der Waals surface area contributed by atoms with Crippen molar-refractivity contribution in [1.29, 1.82) is 0 Å². The molecule has 4 rings (SSSR count). The first kappa shape index (κ1) is 24.7. The lowest BCUT2D eigenvalue weighted by atomic mass is 10.0. The Morgan fingerprint density at radius 1 is 0.971 bits per heavy atom. The minimum absolute atomic E-state index is 0.0306. The molecule has 0 bridgehead atoms. The van der Waals surface area contributed by atoms with E-state index in [1.807, 2.05) is 19.1 Å². The topological polar surface area (TPSA) is 77.1 Å². The van der Waals surface area contributed by atoms with E-state index in [-0.39, 0.29) is 12.1 Å². The predicted octanol–water partition coefficient (Wildman–Crippen LogP) is 1.56. The summed E-state index contributed by atoms with van der Waals surface area (Å²) in [6.45, 7) is 9.96. The second kappa shape index (κ2) is 12.3. The van der Waals surface area contributed by atoms with Gasteiger partial charge in [0.05, 0.1) is 19.3 Å². The summed E-state index contributed by atoms with van der Waals surface area (Å²) in [5.74, 6) is -1.14. The van der Waals surface area contributed by atoms with Crippen LogP contribution in [0.4, 0.5) is 5.69 Å². The van der Waals surface area contributed by atoms with Crippen LogP contribution in [0.5, 0.6) is 0 Å². The normalized spacial score (nSPS) is 19.4. The zero-order chi connectivity index (χ0) is 23.8. The van der Waals surface area contributed by atoms with Gasteiger partial charge in [0.15, 0.2) is 0 Å². The van der Waals surface area contributed by atoms with E-state index in [1.165, 1.54) is 10.6 Å². The molecule has 2 atom stereocenters. The number of anilines is 1. The van der Waals surface area contributed by atoms with Crippen molar-refractivity contribution in [3.05, 3.63) is 52.7 Å². The number of para-hydroxylation sites is 1. The Kier molecular flexibility index (Phi) is 8.92. The second-order valence-corrected chi connectivity index (χ2v) is 9.77. The molecule has 2 saturated heterocycles. The fourth-order valence-electron chi connectivity index (χ4n) is 4.68. The molecule has 34 heavy (non-hydrogen) atoms. The average molecular weight is 486 g/mol. The average Bonchev–Trinajstić information content (AvgIpc) is 3.40. The summed E-state index contributed by atoms with van der Waals surface area (Å²) in [5, 5.41) is 7.79. The van der Waals surface area contributed by atoms with Crippen LogP contribution >= 0.6 is 11.3 Å². The molecule has 0 radical (unpaired) electrons. The summed E-state index contributed by atoms with van der Waals surface area (Å²) in [6, 6.07) is 14.5. The van der Waals surface area contributed by atoms with Crippen molar-refractivity contribution in [3.63, 3.8) is 0 Å². The van der Waals surface area contributed by atoms with Gasteiger partial charge in [0, 0.05) is 69.0 Å². The summed E-state index contributed by atoms with van der Waals surface area (Å²) >= 11 is 1.69. The minimum atomic E-state index is -0.570. The molecule has 3 heterocycles. The van der Waals surface area contributed by atoms with Crippen molar-refractivity contribution < 1.29 is 14.3 Å². The maximum atomic E-state index is 12.6. The largest absolute Gasteiger partial charge is 0.379 e. The van der Waals surface area contributed by atoms with E-state index in [9.17, 15) is 9.59 Å². The number of benzene rings is 1. The number of hydrogen-bond acceptors (Lipinski definition) is 7. The van der Waals surface area contributed by atoms with Crippen LogP contribution in [0.25, 0.3) is 0 Å². The predicted molar refractivity (Wildman–Crippen MR) is 135 cm³/mol. The number of hydrogen-bond donors (Lipinski definition) is 2. The number of nitrogens with one attached hydrogen (secondary N) is 2. The van der Waals surface area contributed by atoms with Crippen molar-refractivity contribution in [1.82, 2.24) is 20.4 Å². The Morgan fingerprint density at radius 3 is 2.38 bits per heavy atom. The van der Waals surface area contributed by atoms with Crippen LogP contribution in [0.2, 0.25) is 0 Å². The third-order valence-electron chi connectivity index (χ3n) is 6.52. The number of ether oxygens (including phenoxy) is 1. The standard InChI is InChI=1S/C25H35N5O3S/c1-20(27-25(32)24(31)26-9-10-28-15-17-33-18-16-28)23(22-8-5-19-34-22)30-13-11-29(12-14-30)21-6-3-2-4-7-21/h2-8,19-20,23H,9-18H2,1H3,(H,26,31)(H,27,32)/t20-,23+/m1/s1. The van der Waals surface area contributed by atoms with Gasteiger partial charge in [-0.2, -0.15) is 0 Å². The summed E-state index contributed by atoms with van der Waals surface area (Å²) < 4.78 is 5.34. The molecule has 2 aliphatic rings. The Hall–Kier alpha value is -2.46. The summed E-state index contributed by atoms with van der Waals surface area (Å²) in [4.78, 5) is 33.3. The first-order valence-corrected chi connectivity index (χ1v) is 13.0. The van der Waals surface area contributed by atoms with Gasteiger partial charge < -0.3 is 20.3 Å². The van der Waals surface area contributed by atoms with Gasteiger partial charge >= 0.3 is 11.8 Å². The zero-order valence-corrected chi connectivity index (χ0v) is 20.6. The van der Waals surface area contributed by atoms with Crippen molar-refractivity contribution in [2.75, 3.05) is 70.5 Å². The van der Waals surface area contributed by atoms with E-state index in [0.717, 1.165) is 59.0 Å². The Labute approximate surface area is 205 Å². The lowest BCUT2D eigenvalue weighted by molar-refractivity contribution is -0.139. The fraction of sp³-hybridized carbons (Fsp3) is 0.520. The molecule has 0 spiro atoms. The molecule has 8 nitrogen and oxygen atoms in total. The van der Waals surface area contributed by atoms with Crippen molar-refractivity contribution >= 4 is 28.8 Å². The zero-order valence-electron chi connectivity index (χ0n) is 19.8. The SMILES string of the molecule is C[C@@H](NC(=O)C(=O)NCCN1CCOCC1)[C@@H](c1cccs1)N1CCN(c2ccccc2)CC1. The number of carbonyl (C=O) groups excluding carboxylic acids is 2. The maximum absolute atomic E-state index is 12.6. The highest BCUT2D eigenvalue weighted by Gasteiger charge is 2.32. The molecule has 1 aromatic carbocycles. The highest BCUT2D eigenvalue weighted by atomic mass is 32.1. The quantitative estimate of drug-likeness (QED) is 0.553. The molecule has 0 unspecified atom stereocenters.